The van der Waals surface area contributed by atoms with Crippen LogP contribution in [0, 0.1) is 24.7 Å². The lowest BCUT2D eigenvalue weighted by Gasteiger charge is -2.20. The van der Waals surface area contributed by atoms with E-state index in [1.165, 1.54) is 12.8 Å². The SMILES string of the molecule is Cc1c(NCC2CC3C=CC2C3)cccc1C(N)=O. The molecule has 0 radical (unpaired) electrons. The van der Waals surface area contributed by atoms with Crippen molar-refractivity contribution >= 4 is 11.6 Å². The Hall–Kier alpha value is -1.77. The van der Waals surface area contributed by atoms with Gasteiger partial charge in [0.15, 0.2) is 0 Å². The molecule has 2 bridgehead atoms. The van der Waals surface area contributed by atoms with Crippen LogP contribution in [0.15, 0.2) is 30.4 Å². The summed E-state index contributed by atoms with van der Waals surface area (Å²) in [6, 6.07) is 5.68. The number of nitrogens with one attached hydrogen (secondary N) is 1. The molecule has 3 nitrogen and oxygen atoms in total. The molecule has 0 heterocycles. The molecule has 3 N–H and O–H groups in total. The zero-order valence-corrected chi connectivity index (χ0v) is 11.2. The van der Waals surface area contributed by atoms with Gasteiger partial charge in [0.25, 0.3) is 0 Å². The highest BCUT2D eigenvalue weighted by Crippen LogP contribution is 2.43. The molecule has 2 aliphatic carbocycles. The van der Waals surface area contributed by atoms with E-state index in [9.17, 15) is 4.79 Å². The van der Waals surface area contributed by atoms with E-state index in [0.29, 0.717) is 5.56 Å². The molecule has 100 valence electrons. The predicted molar refractivity (Wildman–Crippen MR) is 77.0 cm³/mol. The maximum Gasteiger partial charge on any atom is 0.249 e. The van der Waals surface area contributed by atoms with E-state index in [2.05, 4.69) is 17.5 Å². The Morgan fingerprint density at radius 3 is 2.84 bits per heavy atom. The molecule has 0 saturated heterocycles. The Morgan fingerprint density at radius 2 is 2.21 bits per heavy atom. The number of allylic oxidation sites excluding steroid dienone is 2. The lowest BCUT2D eigenvalue weighted by molar-refractivity contribution is 0.1000. The van der Waals surface area contributed by atoms with Gasteiger partial charge in [-0.05, 0) is 55.2 Å². The zero-order valence-electron chi connectivity index (χ0n) is 11.2. The van der Waals surface area contributed by atoms with Crippen molar-refractivity contribution in [3.8, 4) is 0 Å². The molecular weight excluding hydrogens is 236 g/mol. The zero-order chi connectivity index (χ0) is 13.4. The summed E-state index contributed by atoms with van der Waals surface area (Å²) in [7, 11) is 0. The molecule has 1 aromatic carbocycles. The van der Waals surface area contributed by atoms with Crippen LogP contribution in [0.3, 0.4) is 0 Å². The third-order valence-electron chi connectivity index (χ3n) is 4.57. The molecular formula is C16H20N2O. The van der Waals surface area contributed by atoms with Gasteiger partial charge in [-0.15, -0.1) is 0 Å². The van der Waals surface area contributed by atoms with Crippen LogP contribution in [0.5, 0.6) is 0 Å². The van der Waals surface area contributed by atoms with Gasteiger partial charge in [0.05, 0.1) is 0 Å². The minimum absolute atomic E-state index is 0.357. The van der Waals surface area contributed by atoms with Gasteiger partial charge in [-0.1, -0.05) is 18.2 Å². The van der Waals surface area contributed by atoms with Gasteiger partial charge in [-0.3, -0.25) is 4.79 Å². The van der Waals surface area contributed by atoms with Crippen molar-refractivity contribution in [2.24, 2.45) is 23.5 Å². The Kier molecular flexibility index (Phi) is 3.05. The molecule has 3 heteroatoms. The molecule has 0 aromatic heterocycles. The molecule has 1 saturated carbocycles. The molecule has 0 aliphatic heterocycles. The van der Waals surface area contributed by atoms with Crippen LogP contribution < -0.4 is 11.1 Å². The third kappa shape index (κ3) is 2.25. The first kappa shape index (κ1) is 12.3. The Labute approximate surface area is 113 Å². The molecule has 19 heavy (non-hydrogen) atoms. The summed E-state index contributed by atoms with van der Waals surface area (Å²) >= 11 is 0. The molecule has 0 spiro atoms. The average molecular weight is 256 g/mol. The lowest BCUT2D eigenvalue weighted by Crippen LogP contribution is -2.19. The second kappa shape index (κ2) is 4.72. The van der Waals surface area contributed by atoms with Crippen LogP contribution >= 0.6 is 0 Å². The quantitative estimate of drug-likeness (QED) is 0.814. The number of amides is 1. The molecule has 1 amide bonds. The van der Waals surface area contributed by atoms with E-state index in [1.807, 2.05) is 19.1 Å². The fourth-order valence-corrected chi connectivity index (χ4v) is 3.46. The minimum Gasteiger partial charge on any atom is -0.385 e. The van der Waals surface area contributed by atoms with E-state index in [1.54, 1.807) is 6.07 Å². The van der Waals surface area contributed by atoms with Crippen LogP contribution in [0.2, 0.25) is 0 Å². The summed E-state index contributed by atoms with van der Waals surface area (Å²) in [5.41, 5.74) is 7.97. The van der Waals surface area contributed by atoms with Gasteiger partial charge in [-0.2, -0.15) is 0 Å². The van der Waals surface area contributed by atoms with Gasteiger partial charge in [0.2, 0.25) is 5.91 Å². The Bertz CT molecular complexity index is 536. The summed E-state index contributed by atoms with van der Waals surface area (Å²) in [4.78, 5) is 11.3. The highest BCUT2D eigenvalue weighted by atomic mass is 16.1. The van der Waals surface area contributed by atoms with E-state index in [0.717, 1.165) is 35.5 Å². The first-order valence-electron chi connectivity index (χ1n) is 6.96. The van der Waals surface area contributed by atoms with Crippen LogP contribution in [0.4, 0.5) is 5.69 Å². The van der Waals surface area contributed by atoms with Gasteiger partial charge >= 0.3 is 0 Å². The van der Waals surface area contributed by atoms with Gasteiger partial charge in [0.1, 0.15) is 0 Å². The van der Waals surface area contributed by atoms with Crippen LogP contribution in [-0.2, 0) is 0 Å². The maximum absolute atomic E-state index is 11.3. The van der Waals surface area contributed by atoms with Gasteiger partial charge in [0, 0.05) is 17.8 Å². The molecule has 2 aliphatic rings. The average Bonchev–Trinajstić information content (AvgIpc) is 2.99. The molecule has 3 unspecified atom stereocenters. The molecule has 3 atom stereocenters. The molecule has 3 rings (SSSR count). The predicted octanol–water partition coefficient (Wildman–Crippen LogP) is 2.72. The standard InChI is InChI=1S/C16H20N2O/c1-10-14(16(17)19)3-2-4-15(10)18-9-13-8-11-5-6-12(13)7-11/h2-6,11-13,18H,7-9H2,1H3,(H2,17,19). The summed E-state index contributed by atoms with van der Waals surface area (Å²) in [6.45, 7) is 2.93. The summed E-state index contributed by atoms with van der Waals surface area (Å²) < 4.78 is 0. The van der Waals surface area contributed by atoms with Gasteiger partial charge in [-0.25, -0.2) is 0 Å². The van der Waals surface area contributed by atoms with E-state index in [4.69, 9.17) is 5.73 Å². The number of carbonyl (C=O) groups is 1. The monoisotopic (exact) mass is 256 g/mol. The fraction of sp³-hybridized carbons (Fsp3) is 0.438. The van der Waals surface area contributed by atoms with Crippen LogP contribution in [0.1, 0.15) is 28.8 Å². The second-order valence-corrected chi connectivity index (χ2v) is 5.76. The van der Waals surface area contributed by atoms with E-state index in [-0.39, 0.29) is 5.91 Å². The summed E-state index contributed by atoms with van der Waals surface area (Å²) in [6.07, 6.45) is 7.35. The van der Waals surface area contributed by atoms with E-state index < -0.39 is 0 Å². The number of rotatable bonds is 4. The Balaban J connectivity index is 1.69. The first-order valence-corrected chi connectivity index (χ1v) is 6.96. The number of carbonyl (C=O) groups excluding carboxylic acids is 1. The van der Waals surface area contributed by atoms with Crippen molar-refractivity contribution in [1.29, 1.82) is 0 Å². The largest absolute Gasteiger partial charge is 0.385 e. The number of anilines is 1. The molecule has 1 fully saturated rings. The summed E-state index contributed by atoms with van der Waals surface area (Å²) in [5.74, 6) is 1.92. The summed E-state index contributed by atoms with van der Waals surface area (Å²) in [5, 5.41) is 3.49. The minimum atomic E-state index is -0.357. The fourth-order valence-electron chi connectivity index (χ4n) is 3.46. The normalized spacial score (nSPS) is 27.7. The number of benzene rings is 1. The van der Waals surface area contributed by atoms with Crippen molar-refractivity contribution in [3.05, 3.63) is 41.5 Å². The molecule has 1 aromatic rings. The highest BCUT2D eigenvalue weighted by molar-refractivity contribution is 5.95. The number of fused-ring (bicyclic) bond motifs is 2. The van der Waals surface area contributed by atoms with Crippen LogP contribution in [0.25, 0.3) is 0 Å². The topological polar surface area (TPSA) is 55.1 Å². The van der Waals surface area contributed by atoms with Crippen molar-refractivity contribution in [2.45, 2.75) is 19.8 Å². The number of hydrogen-bond acceptors (Lipinski definition) is 2. The lowest BCUT2D eigenvalue weighted by atomic mass is 9.93. The number of hydrogen-bond donors (Lipinski definition) is 2. The van der Waals surface area contributed by atoms with Crippen LogP contribution in [-0.4, -0.2) is 12.5 Å². The maximum atomic E-state index is 11.3. The third-order valence-corrected chi connectivity index (χ3v) is 4.57. The van der Waals surface area contributed by atoms with Crippen molar-refractivity contribution < 1.29 is 4.79 Å². The van der Waals surface area contributed by atoms with Crippen molar-refractivity contribution in [1.82, 2.24) is 0 Å². The van der Waals surface area contributed by atoms with E-state index >= 15 is 0 Å². The van der Waals surface area contributed by atoms with Crippen molar-refractivity contribution in [3.63, 3.8) is 0 Å². The Morgan fingerprint density at radius 1 is 1.37 bits per heavy atom. The second-order valence-electron chi connectivity index (χ2n) is 5.76. The number of nitrogens with two attached hydrogens (primary N) is 1. The smallest absolute Gasteiger partial charge is 0.249 e. The van der Waals surface area contributed by atoms with Crippen molar-refractivity contribution in [2.75, 3.05) is 11.9 Å². The van der Waals surface area contributed by atoms with Gasteiger partial charge < -0.3 is 11.1 Å². The first-order chi connectivity index (χ1) is 9.15. The number of primary amides is 1. The highest BCUT2D eigenvalue weighted by Gasteiger charge is 2.35.